The van der Waals surface area contributed by atoms with Gasteiger partial charge in [-0.1, -0.05) is 33.6 Å². The van der Waals surface area contributed by atoms with E-state index in [0.29, 0.717) is 17.9 Å². The van der Waals surface area contributed by atoms with Gasteiger partial charge in [0, 0.05) is 10.5 Å². The minimum Gasteiger partial charge on any atom is -0.490 e. The number of benzene rings is 2. The van der Waals surface area contributed by atoms with E-state index in [-0.39, 0.29) is 23.1 Å². The molecule has 0 saturated heterocycles. The molecule has 2 aromatic carbocycles. The number of nitrogens with zero attached hydrogens (tertiary/aromatic N) is 1. The van der Waals surface area contributed by atoms with Crippen LogP contribution in [0.1, 0.15) is 12.5 Å². The van der Waals surface area contributed by atoms with Gasteiger partial charge in [-0.3, -0.25) is 0 Å². The number of hydrogen-bond donors (Lipinski definition) is 0. The average Bonchev–Trinajstić information content (AvgIpc) is 2.56. The molecule has 7 heteroatoms. The molecule has 0 aromatic heterocycles. The van der Waals surface area contributed by atoms with Gasteiger partial charge in [0.15, 0.2) is 18.1 Å². The molecule has 124 valence electrons. The molecule has 24 heavy (non-hydrogen) atoms. The van der Waals surface area contributed by atoms with Crippen molar-refractivity contribution in [3.63, 3.8) is 0 Å². The van der Waals surface area contributed by atoms with Crippen molar-refractivity contribution in [3.05, 3.63) is 51.5 Å². The van der Waals surface area contributed by atoms with Gasteiger partial charge < -0.3 is 14.2 Å². The van der Waals surface area contributed by atoms with Gasteiger partial charge in [0.25, 0.3) is 0 Å². The summed E-state index contributed by atoms with van der Waals surface area (Å²) in [5.41, 5.74) is 0.314. The third-order valence-corrected chi connectivity index (χ3v) is 3.58. The number of halogens is 2. The highest BCUT2D eigenvalue weighted by atomic mass is 79.9. The molecule has 5 nitrogen and oxygen atoms in total. The molecule has 0 aliphatic heterocycles. The Morgan fingerprint density at radius 3 is 2.75 bits per heavy atom. The summed E-state index contributed by atoms with van der Waals surface area (Å²) in [6.45, 7) is 1.82. The Bertz CT molecular complexity index is 789. The van der Waals surface area contributed by atoms with Crippen LogP contribution in [0, 0.1) is 11.3 Å². The van der Waals surface area contributed by atoms with Crippen molar-refractivity contribution in [3.8, 4) is 23.3 Å². The second kappa shape index (κ2) is 8.57. The number of nitriles is 1. The Labute approximate surface area is 152 Å². The fourth-order valence-corrected chi connectivity index (χ4v) is 2.46. The largest absolute Gasteiger partial charge is 0.490 e. The SMILES string of the molecule is CCOc1cc(C#N)cc(Cl)c1OC(=O)COc1cccc(Br)c1. The Balaban J connectivity index is 2.09. The van der Waals surface area contributed by atoms with Gasteiger partial charge in [0.05, 0.1) is 23.3 Å². The molecule has 0 amide bonds. The van der Waals surface area contributed by atoms with Crippen LogP contribution < -0.4 is 14.2 Å². The molecule has 0 N–H and O–H groups in total. The van der Waals surface area contributed by atoms with Crippen molar-refractivity contribution < 1.29 is 19.0 Å². The number of rotatable bonds is 6. The third kappa shape index (κ3) is 4.88. The first kappa shape index (κ1) is 18.1. The quantitative estimate of drug-likeness (QED) is 0.523. The predicted molar refractivity (Wildman–Crippen MR) is 92.6 cm³/mol. The van der Waals surface area contributed by atoms with E-state index < -0.39 is 5.97 Å². The van der Waals surface area contributed by atoms with Crippen LogP contribution in [0.15, 0.2) is 40.9 Å². The molecule has 0 aliphatic rings. The van der Waals surface area contributed by atoms with Crippen molar-refractivity contribution in [2.45, 2.75) is 6.92 Å². The maximum Gasteiger partial charge on any atom is 0.349 e. The molecule has 0 atom stereocenters. The number of carbonyl (C=O) groups excluding carboxylic acids is 1. The molecule has 0 bridgehead atoms. The number of ether oxygens (including phenoxy) is 3. The maximum atomic E-state index is 12.0. The number of hydrogen-bond acceptors (Lipinski definition) is 5. The van der Waals surface area contributed by atoms with E-state index in [1.165, 1.54) is 12.1 Å². The third-order valence-electron chi connectivity index (χ3n) is 2.81. The average molecular weight is 411 g/mol. The Hall–Kier alpha value is -2.23. The molecule has 0 aliphatic carbocycles. The lowest BCUT2D eigenvalue weighted by Gasteiger charge is -2.13. The molecule has 0 unspecified atom stereocenters. The molecule has 0 spiro atoms. The minimum absolute atomic E-state index is 0.0698. The zero-order chi connectivity index (χ0) is 17.5. The standard InChI is InChI=1S/C17H13BrClNO4/c1-2-22-15-7-11(9-20)6-14(19)17(15)24-16(21)10-23-13-5-3-4-12(18)8-13/h3-8H,2,10H2,1H3. The summed E-state index contributed by atoms with van der Waals surface area (Å²) in [6.07, 6.45) is 0. The van der Waals surface area contributed by atoms with Gasteiger partial charge in [-0.15, -0.1) is 0 Å². The van der Waals surface area contributed by atoms with E-state index in [0.717, 1.165) is 4.47 Å². The van der Waals surface area contributed by atoms with Crippen LogP contribution in [0.2, 0.25) is 5.02 Å². The van der Waals surface area contributed by atoms with Crippen molar-refractivity contribution in [2.24, 2.45) is 0 Å². The van der Waals surface area contributed by atoms with Crippen molar-refractivity contribution in [1.29, 1.82) is 5.26 Å². The summed E-state index contributed by atoms with van der Waals surface area (Å²) in [5, 5.41) is 9.08. The van der Waals surface area contributed by atoms with Crippen LogP contribution in [0.4, 0.5) is 0 Å². The van der Waals surface area contributed by atoms with Gasteiger partial charge in [-0.05, 0) is 31.2 Å². The van der Waals surface area contributed by atoms with E-state index in [2.05, 4.69) is 15.9 Å². The van der Waals surface area contributed by atoms with Crippen LogP contribution in [-0.2, 0) is 4.79 Å². The van der Waals surface area contributed by atoms with E-state index in [1.807, 2.05) is 12.1 Å². The maximum absolute atomic E-state index is 12.0. The fraction of sp³-hybridized carbons (Fsp3) is 0.176. The Kier molecular flexibility index (Phi) is 6.47. The normalized spacial score (nSPS) is 9.92. The van der Waals surface area contributed by atoms with Gasteiger partial charge in [0.2, 0.25) is 0 Å². The van der Waals surface area contributed by atoms with E-state index >= 15 is 0 Å². The number of esters is 1. The molecule has 0 fully saturated rings. The van der Waals surface area contributed by atoms with Crippen LogP contribution in [0.5, 0.6) is 17.2 Å². The van der Waals surface area contributed by atoms with Gasteiger partial charge in [-0.2, -0.15) is 5.26 Å². The molecule has 2 rings (SSSR count). The predicted octanol–water partition coefficient (Wildman–Crippen LogP) is 4.36. The van der Waals surface area contributed by atoms with Crippen molar-refractivity contribution in [2.75, 3.05) is 13.2 Å². The molecule has 0 saturated carbocycles. The Morgan fingerprint density at radius 2 is 2.08 bits per heavy atom. The first-order chi connectivity index (χ1) is 11.5. The minimum atomic E-state index is -0.637. The lowest BCUT2D eigenvalue weighted by Crippen LogP contribution is -2.18. The summed E-state index contributed by atoms with van der Waals surface area (Å²) in [5.74, 6) is 0.192. The monoisotopic (exact) mass is 409 g/mol. The smallest absolute Gasteiger partial charge is 0.349 e. The van der Waals surface area contributed by atoms with E-state index in [4.69, 9.17) is 31.1 Å². The molecular formula is C17H13BrClNO4. The summed E-state index contributed by atoms with van der Waals surface area (Å²) in [4.78, 5) is 12.0. The topological polar surface area (TPSA) is 68.5 Å². The zero-order valence-electron chi connectivity index (χ0n) is 12.7. The molecular weight excluding hydrogens is 398 g/mol. The highest BCUT2D eigenvalue weighted by Crippen LogP contribution is 2.36. The zero-order valence-corrected chi connectivity index (χ0v) is 15.1. The highest BCUT2D eigenvalue weighted by Gasteiger charge is 2.17. The fourth-order valence-electron chi connectivity index (χ4n) is 1.84. The second-order valence-corrected chi connectivity index (χ2v) is 5.87. The van der Waals surface area contributed by atoms with Crippen LogP contribution >= 0.6 is 27.5 Å². The van der Waals surface area contributed by atoms with E-state index in [1.54, 1.807) is 25.1 Å². The first-order valence-electron chi connectivity index (χ1n) is 6.99. The molecule has 0 heterocycles. The van der Waals surface area contributed by atoms with Crippen LogP contribution in [0.25, 0.3) is 0 Å². The summed E-state index contributed by atoms with van der Waals surface area (Å²) in [7, 11) is 0. The lowest BCUT2D eigenvalue weighted by atomic mass is 10.2. The van der Waals surface area contributed by atoms with E-state index in [9.17, 15) is 4.79 Å². The summed E-state index contributed by atoms with van der Waals surface area (Å²) < 4.78 is 16.8. The van der Waals surface area contributed by atoms with Crippen molar-refractivity contribution in [1.82, 2.24) is 0 Å². The van der Waals surface area contributed by atoms with Gasteiger partial charge in [-0.25, -0.2) is 4.79 Å². The lowest BCUT2D eigenvalue weighted by molar-refractivity contribution is -0.136. The van der Waals surface area contributed by atoms with Crippen molar-refractivity contribution >= 4 is 33.5 Å². The molecule has 2 aromatic rings. The van der Waals surface area contributed by atoms with Crippen LogP contribution in [0.3, 0.4) is 0 Å². The number of carbonyl (C=O) groups is 1. The summed E-state index contributed by atoms with van der Waals surface area (Å²) in [6, 6.07) is 11.9. The van der Waals surface area contributed by atoms with Gasteiger partial charge >= 0.3 is 5.97 Å². The first-order valence-corrected chi connectivity index (χ1v) is 8.16. The Morgan fingerprint density at radius 1 is 1.29 bits per heavy atom. The van der Waals surface area contributed by atoms with Crippen LogP contribution in [-0.4, -0.2) is 19.2 Å². The van der Waals surface area contributed by atoms with Gasteiger partial charge in [0.1, 0.15) is 5.75 Å². The second-order valence-electron chi connectivity index (χ2n) is 4.55. The highest BCUT2D eigenvalue weighted by molar-refractivity contribution is 9.10. The molecule has 0 radical (unpaired) electrons. The summed E-state index contributed by atoms with van der Waals surface area (Å²) >= 11 is 9.39.